The molecular weight excluding hydrogens is 436 g/mol. The smallest absolute Gasteiger partial charge is 0.339 e. The maximum absolute atomic E-state index is 13.3. The van der Waals surface area contributed by atoms with E-state index < -0.39 is 29.7 Å². The Morgan fingerprint density at radius 1 is 1.25 bits per heavy atom. The number of nitrogens with zero attached hydrogens (tertiary/aromatic N) is 3. The number of hydrogen-bond acceptors (Lipinski definition) is 6. The van der Waals surface area contributed by atoms with Crippen molar-refractivity contribution in [3.8, 4) is 0 Å². The number of esters is 1. The van der Waals surface area contributed by atoms with Gasteiger partial charge in [-0.25, -0.2) is 14.6 Å². The minimum Gasteiger partial charge on any atom is -0.462 e. The molecule has 10 heteroatoms. The van der Waals surface area contributed by atoms with Crippen molar-refractivity contribution in [2.24, 2.45) is 7.05 Å². The van der Waals surface area contributed by atoms with Crippen molar-refractivity contribution in [1.29, 1.82) is 0 Å². The number of ether oxygens (including phenoxy) is 1. The molecule has 166 valence electrons. The van der Waals surface area contributed by atoms with E-state index in [4.69, 9.17) is 16.3 Å². The molecule has 1 fully saturated rings. The molecule has 1 amide bonds. The molecule has 1 N–H and O–H groups in total. The van der Waals surface area contributed by atoms with Crippen LogP contribution in [0.2, 0.25) is 5.02 Å². The molecule has 4 rings (SSSR count). The first-order valence-electron chi connectivity index (χ1n) is 10.2. The molecule has 3 aromatic rings. The average molecular weight is 457 g/mol. The summed E-state index contributed by atoms with van der Waals surface area (Å²) in [5, 5.41) is 2.85. The Morgan fingerprint density at radius 3 is 2.62 bits per heavy atom. The number of halogens is 1. The van der Waals surface area contributed by atoms with Crippen molar-refractivity contribution in [3.63, 3.8) is 0 Å². The van der Waals surface area contributed by atoms with Gasteiger partial charge in [0.25, 0.3) is 5.56 Å². The summed E-state index contributed by atoms with van der Waals surface area (Å²) < 4.78 is 7.08. The fourth-order valence-corrected chi connectivity index (χ4v) is 3.67. The highest BCUT2D eigenvalue weighted by Gasteiger charge is 2.29. The number of rotatable bonds is 6. The number of aromatic nitrogens is 3. The predicted molar refractivity (Wildman–Crippen MR) is 119 cm³/mol. The summed E-state index contributed by atoms with van der Waals surface area (Å²) in [4.78, 5) is 55.9. The molecule has 2 heterocycles. The molecule has 2 aromatic heterocycles. The molecule has 1 aliphatic rings. The average Bonchev–Trinajstić information content (AvgIpc) is 3.61. The van der Waals surface area contributed by atoms with E-state index in [0.29, 0.717) is 16.4 Å². The zero-order valence-corrected chi connectivity index (χ0v) is 18.3. The number of aryl methyl sites for hydroxylation is 1. The van der Waals surface area contributed by atoms with Gasteiger partial charge in [0.15, 0.2) is 0 Å². The lowest BCUT2D eigenvalue weighted by molar-refractivity contribution is -0.116. The number of fused-ring (bicyclic) bond motifs is 1. The van der Waals surface area contributed by atoms with Gasteiger partial charge in [0.05, 0.1) is 28.3 Å². The van der Waals surface area contributed by atoms with Crippen LogP contribution in [0.4, 0.5) is 5.69 Å². The minimum atomic E-state index is -0.782. The molecule has 9 nitrogen and oxygen atoms in total. The van der Waals surface area contributed by atoms with E-state index in [1.165, 1.54) is 11.6 Å². The van der Waals surface area contributed by atoms with Gasteiger partial charge in [-0.15, -0.1) is 0 Å². The van der Waals surface area contributed by atoms with Crippen molar-refractivity contribution in [1.82, 2.24) is 14.1 Å². The van der Waals surface area contributed by atoms with Gasteiger partial charge in [-0.1, -0.05) is 23.7 Å². The van der Waals surface area contributed by atoms with Crippen LogP contribution in [0.25, 0.3) is 11.0 Å². The predicted octanol–water partition coefficient (Wildman–Crippen LogP) is 2.44. The zero-order chi connectivity index (χ0) is 23.0. The summed E-state index contributed by atoms with van der Waals surface area (Å²) in [6.07, 6.45) is 1.85. The van der Waals surface area contributed by atoms with Crippen LogP contribution in [0.1, 0.15) is 41.7 Å². The number of nitrogens with one attached hydrogen (secondary N) is 1. The lowest BCUT2D eigenvalue weighted by Crippen LogP contribution is -2.42. The maximum atomic E-state index is 13.3. The monoisotopic (exact) mass is 456 g/mol. The lowest BCUT2D eigenvalue weighted by atomic mass is 10.1. The topological polar surface area (TPSA) is 112 Å². The summed E-state index contributed by atoms with van der Waals surface area (Å²) in [6.45, 7) is 1.23. The molecule has 1 aromatic carbocycles. The highest BCUT2D eigenvalue weighted by atomic mass is 35.5. The van der Waals surface area contributed by atoms with Crippen molar-refractivity contribution >= 4 is 40.2 Å². The largest absolute Gasteiger partial charge is 0.462 e. The number of hydrogen-bond donors (Lipinski definition) is 1. The number of pyridine rings is 1. The summed E-state index contributed by atoms with van der Waals surface area (Å²) in [5.41, 5.74) is -0.367. The van der Waals surface area contributed by atoms with Gasteiger partial charge in [0, 0.05) is 18.7 Å². The summed E-state index contributed by atoms with van der Waals surface area (Å²) >= 11 is 6.06. The number of benzene rings is 1. The highest BCUT2D eigenvalue weighted by Crippen LogP contribution is 2.40. The van der Waals surface area contributed by atoms with Crippen LogP contribution in [-0.2, 0) is 23.1 Å². The normalized spacial score (nSPS) is 13.2. The second-order valence-corrected chi connectivity index (χ2v) is 7.96. The quantitative estimate of drug-likeness (QED) is 0.570. The van der Waals surface area contributed by atoms with Crippen molar-refractivity contribution in [2.75, 3.05) is 11.9 Å². The molecule has 32 heavy (non-hydrogen) atoms. The van der Waals surface area contributed by atoms with Crippen molar-refractivity contribution in [3.05, 3.63) is 67.4 Å². The second-order valence-electron chi connectivity index (χ2n) is 7.55. The number of carbonyl (C=O) groups excluding carboxylic acids is 2. The molecule has 0 radical (unpaired) electrons. The Labute approximate surface area is 187 Å². The van der Waals surface area contributed by atoms with Crippen LogP contribution >= 0.6 is 11.6 Å². The van der Waals surface area contributed by atoms with Crippen LogP contribution in [0.15, 0.2) is 39.9 Å². The van der Waals surface area contributed by atoms with E-state index in [-0.39, 0.29) is 29.1 Å². The van der Waals surface area contributed by atoms with Gasteiger partial charge in [-0.3, -0.25) is 18.7 Å². The fraction of sp³-hybridized carbons (Fsp3) is 0.318. The third-order valence-electron chi connectivity index (χ3n) is 5.26. The van der Waals surface area contributed by atoms with Gasteiger partial charge >= 0.3 is 11.7 Å². The first kappa shape index (κ1) is 21.8. The Balaban J connectivity index is 1.83. The van der Waals surface area contributed by atoms with Crippen LogP contribution < -0.4 is 16.6 Å². The SMILES string of the molecule is CCOC(=O)c1cc(C2CC2)nc2c1c(=O)n(CC(=O)Nc1ccccc1Cl)c(=O)n2C. The van der Waals surface area contributed by atoms with Crippen LogP contribution in [0.5, 0.6) is 0 Å². The second kappa shape index (κ2) is 8.58. The Kier molecular flexibility index (Phi) is 5.84. The third kappa shape index (κ3) is 4.03. The highest BCUT2D eigenvalue weighted by molar-refractivity contribution is 6.33. The first-order chi connectivity index (χ1) is 15.3. The lowest BCUT2D eigenvalue weighted by Gasteiger charge is -2.14. The number of anilines is 1. The Morgan fingerprint density at radius 2 is 1.97 bits per heavy atom. The summed E-state index contributed by atoms with van der Waals surface area (Å²) in [6, 6.07) is 8.16. The standard InChI is InChI=1S/C22H21ClN4O5/c1-3-32-21(30)13-10-16(12-8-9-12)25-19-18(13)20(29)27(22(31)26(19)2)11-17(28)24-15-7-5-4-6-14(15)23/h4-7,10,12H,3,8-9,11H2,1-2H3,(H,24,28). The number of carbonyl (C=O) groups is 2. The molecule has 0 saturated heterocycles. The van der Waals surface area contributed by atoms with E-state index >= 15 is 0 Å². The number of para-hydroxylation sites is 1. The molecule has 0 unspecified atom stereocenters. The van der Waals surface area contributed by atoms with Crippen LogP contribution in [-0.4, -0.2) is 32.6 Å². The van der Waals surface area contributed by atoms with Gasteiger partial charge in [-0.05, 0) is 38.0 Å². The fourth-order valence-electron chi connectivity index (χ4n) is 3.49. The van der Waals surface area contributed by atoms with Crippen molar-refractivity contribution in [2.45, 2.75) is 32.2 Å². The first-order valence-corrected chi connectivity index (χ1v) is 10.6. The molecule has 0 atom stereocenters. The van der Waals surface area contributed by atoms with Gasteiger partial charge < -0.3 is 10.1 Å². The Hall–Kier alpha value is -3.46. The van der Waals surface area contributed by atoms with E-state index in [1.54, 1.807) is 37.3 Å². The van der Waals surface area contributed by atoms with Crippen LogP contribution in [0, 0.1) is 0 Å². The van der Waals surface area contributed by atoms with E-state index in [2.05, 4.69) is 10.3 Å². The molecule has 1 aliphatic carbocycles. The summed E-state index contributed by atoms with van der Waals surface area (Å²) in [7, 11) is 1.45. The molecule has 1 saturated carbocycles. The van der Waals surface area contributed by atoms with E-state index in [0.717, 1.165) is 17.4 Å². The molecule has 0 spiro atoms. The van der Waals surface area contributed by atoms with Gasteiger partial charge in [-0.2, -0.15) is 0 Å². The van der Waals surface area contributed by atoms with E-state index in [1.807, 2.05) is 0 Å². The minimum absolute atomic E-state index is 0.0413. The summed E-state index contributed by atoms with van der Waals surface area (Å²) in [5.74, 6) is -1.10. The molecule has 0 bridgehead atoms. The molecular formula is C22H21ClN4O5. The zero-order valence-electron chi connectivity index (χ0n) is 17.6. The molecule has 0 aliphatic heterocycles. The van der Waals surface area contributed by atoms with Crippen molar-refractivity contribution < 1.29 is 14.3 Å². The number of amides is 1. The van der Waals surface area contributed by atoms with Gasteiger partial charge in [0.2, 0.25) is 5.91 Å². The Bertz CT molecular complexity index is 1360. The van der Waals surface area contributed by atoms with Crippen LogP contribution in [0.3, 0.4) is 0 Å². The third-order valence-corrected chi connectivity index (χ3v) is 5.58. The van der Waals surface area contributed by atoms with E-state index in [9.17, 15) is 19.2 Å². The maximum Gasteiger partial charge on any atom is 0.339 e. The van der Waals surface area contributed by atoms with Gasteiger partial charge in [0.1, 0.15) is 12.2 Å².